The summed E-state index contributed by atoms with van der Waals surface area (Å²) in [6.45, 7) is 10.8. The summed E-state index contributed by atoms with van der Waals surface area (Å²) in [6, 6.07) is 14.6. The molecule has 0 spiro atoms. The first-order valence-corrected chi connectivity index (χ1v) is 18.4. The Hall–Kier alpha value is -3.00. The largest absolute Gasteiger partial charge is 0.506 e. The van der Waals surface area contributed by atoms with Crippen LogP contribution in [0.1, 0.15) is 66.7 Å². The molecule has 15 heteroatoms. The highest BCUT2D eigenvalue weighted by Gasteiger charge is 2.14. The molecule has 9 N–H and O–H groups in total. The number of phenolic OH excluding ortho intramolecular Hbond substituents is 3. The molecule has 50 heavy (non-hydrogen) atoms. The molecule has 4 rings (SSSR count). The van der Waals surface area contributed by atoms with Gasteiger partial charge in [-0.05, 0) is 145 Å². The summed E-state index contributed by atoms with van der Waals surface area (Å²) in [7, 11) is 0. The van der Waals surface area contributed by atoms with Gasteiger partial charge in [-0.2, -0.15) is 0 Å². The first-order valence-electron chi connectivity index (χ1n) is 16.1. The second-order valence-corrected chi connectivity index (χ2v) is 15.4. The fraction of sp³-hybridized carbons (Fsp3) is 0.400. The van der Waals surface area contributed by atoms with Crippen molar-refractivity contribution in [3.05, 3.63) is 69.7 Å². The fourth-order valence-corrected chi connectivity index (χ4v) is 6.01. The fourth-order valence-electron chi connectivity index (χ4n) is 4.53. The van der Waals surface area contributed by atoms with Crippen LogP contribution in [-0.2, 0) is 0 Å². The van der Waals surface area contributed by atoms with Crippen LogP contribution in [0, 0.1) is 5.92 Å². The molecular weight excluding hydrogens is 755 g/mol. The Balaban J connectivity index is 0.000000263. The van der Waals surface area contributed by atoms with Gasteiger partial charge in [-0.25, -0.2) is 0 Å². The quantitative estimate of drug-likeness (QED) is 0.0869. The van der Waals surface area contributed by atoms with E-state index in [1.54, 1.807) is 42.5 Å². The number of rotatable bonds is 6. The van der Waals surface area contributed by atoms with Crippen LogP contribution in [0.2, 0.25) is 15.1 Å². The Morgan fingerprint density at radius 1 is 0.680 bits per heavy atom. The van der Waals surface area contributed by atoms with Gasteiger partial charge in [0.25, 0.3) is 0 Å². The lowest BCUT2D eigenvalue weighted by Crippen LogP contribution is -2.42. The molecule has 3 aromatic rings. The van der Waals surface area contributed by atoms with Crippen molar-refractivity contribution in [2.75, 3.05) is 22.5 Å². The van der Waals surface area contributed by atoms with Crippen molar-refractivity contribution in [1.82, 2.24) is 16.0 Å². The maximum Gasteiger partial charge on any atom is 0.171 e. The highest BCUT2D eigenvalue weighted by molar-refractivity contribution is 7.80. The lowest BCUT2D eigenvalue weighted by molar-refractivity contribution is 0.357. The number of phenols is 3. The molecule has 9 nitrogen and oxygen atoms in total. The lowest BCUT2D eigenvalue weighted by Gasteiger charge is -2.23. The predicted octanol–water partition coefficient (Wildman–Crippen LogP) is 9.78. The van der Waals surface area contributed by atoms with Crippen LogP contribution in [0.15, 0.2) is 54.6 Å². The average Bonchev–Trinajstić information content (AvgIpc) is 3.01. The standard InChI is InChI=1S/C14H19ClN2OS.C11H15ClN2OS.C10H13ClN2OS/c15-11-6-7-13(18)12(8-11)17-14(19)16-9-10-4-2-1-3-5-10;1-11(2,3)14-10(16)13-8-6-7(12)4-5-9(8)15;1-6(2)12-10(15)13-8-5-7(11)3-4-9(8)14/h6-8,10,18H,1-5,9H2,(H2,16,17,19);4-6,15H,1-3H3,(H2,13,14,16);3-6,14H,1-2H3,(H2,12,13,15). The Morgan fingerprint density at radius 3 is 1.48 bits per heavy atom. The van der Waals surface area contributed by atoms with E-state index >= 15 is 0 Å². The van der Waals surface area contributed by atoms with Crippen molar-refractivity contribution in [2.24, 2.45) is 5.92 Å². The van der Waals surface area contributed by atoms with Crippen LogP contribution in [-0.4, -0.2) is 48.8 Å². The van der Waals surface area contributed by atoms with E-state index in [2.05, 4.69) is 31.9 Å². The zero-order valence-electron chi connectivity index (χ0n) is 28.8. The summed E-state index contributed by atoms with van der Waals surface area (Å²) in [5.74, 6) is 1.09. The van der Waals surface area contributed by atoms with E-state index in [9.17, 15) is 15.3 Å². The summed E-state index contributed by atoms with van der Waals surface area (Å²) >= 11 is 32.9. The van der Waals surface area contributed by atoms with E-state index < -0.39 is 0 Å². The van der Waals surface area contributed by atoms with Crippen LogP contribution in [0.4, 0.5) is 17.1 Å². The molecule has 0 unspecified atom stereocenters. The smallest absolute Gasteiger partial charge is 0.171 e. The minimum absolute atomic E-state index is 0.113. The first kappa shape index (κ1) is 43.2. The summed E-state index contributed by atoms with van der Waals surface area (Å²) < 4.78 is 0. The summed E-state index contributed by atoms with van der Waals surface area (Å²) in [6.07, 6.45) is 6.55. The van der Waals surface area contributed by atoms with Crippen molar-refractivity contribution in [2.45, 2.75) is 78.3 Å². The molecule has 0 radical (unpaired) electrons. The Labute approximate surface area is 326 Å². The summed E-state index contributed by atoms with van der Waals surface area (Å²) in [5.41, 5.74) is 1.40. The molecule has 1 aliphatic rings. The highest BCUT2D eigenvalue weighted by atomic mass is 35.5. The Kier molecular flexibility index (Phi) is 18.5. The van der Waals surface area contributed by atoms with Crippen molar-refractivity contribution in [1.29, 1.82) is 0 Å². The summed E-state index contributed by atoms with van der Waals surface area (Å²) in [4.78, 5) is 0. The van der Waals surface area contributed by atoms with Crippen molar-refractivity contribution in [3.8, 4) is 17.2 Å². The van der Waals surface area contributed by atoms with Crippen LogP contribution < -0.4 is 31.9 Å². The molecule has 1 aliphatic carbocycles. The number of thiocarbonyl (C=S) groups is 3. The normalized spacial score (nSPS) is 12.7. The third-order valence-corrected chi connectivity index (χ3v) is 8.18. The number of hydrogen-bond donors (Lipinski definition) is 9. The molecule has 0 atom stereocenters. The Morgan fingerprint density at radius 2 is 1.08 bits per heavy atom. The number of halogens is 3. The average molecular weight is 802 g/mol. The second kappa shape index (κ2) is 21.4. The van der Waals surface area contributed by atoms with Crippen molar-refractivity contribution in [3.63, 3.8) is 0 Å². The van der Waals surface area contributed by atoms with E-state index in [0.29, 0.717) is 53.4 Å². The van der Waals surface area contributed by atoms with Crippen LogP contribution >= 0.6 is 71.5 Å². The van der Waals surface area contributed by atoms with Gasteiger partial charge < -0.3 is 47.2 Å². The van der Waals surface area contributed by atoms with Gasteiger partial charge >= 0.3 is 0 Å². The maximum absolute atomic E-state index is 9.69. The SMILES string of the molecule is CC(C)(C)NC(=S)Nc1cc(Cl)ccc1O.CC(C)NC(=S)Nc1cc(Cl)ccc1O.Oc1ccc(Cl)cc1NC(=S)NCC1CCCCC1. The molecule has 0 bridgehead atoms. The Bertz CT molecular complexity index is 1580. The molecule has 0 amide bonds. The van der Waals surface area contributed by atoms with Crippen LogP contribution in [0.25, 0.3) is 0 Å². The molecule has 0 aliphatic heterocycles. The number of hydrogen-bond acceptors (Lipinski definition) is 6. The van der Waals surface area contributed by atoms with Gasteiger partial charge in [-0.15, -0.1) is 0 Å². The van der Waals surface area contributed by atoms with E-state index in [1.807, 2.05) is 34.6 Å². The van der Waals surface area contributed by atoms with E-state index in [0.717, 1.165) is 6.54 Å². The third-order valence-electron chi connectivity index (χ3n) is 6.80. The van der Waals surface area contributed by atoms with Crippen LogP contribution in [0.3, 0.4) is 0 Å². The number of benzene rings is 3. The zero-order valence-corrected chi connectivity index (χ0v) is 33.5. The molecule has 3 aromatic carbocycles. The third kappa shape index (κ3) is 17.8. The van der Waals surface area contributed by atoms with Gasteiger partial charge in [0.2, 0.25) is 0 Å². The van der Waals surface area contributed by atoms with Gasteiger partial charge in [-0.1, -0.05) is 54.1 Å². The molecule has 1 fully saturated rings. The van der Waals surface area contributed by atoms with Crippen molar-refractivity contribution < 1.29 is 15.3 Å². The van der Waals surface area contributed by atoms with E-state index in [1.165, 1.54) is 44.2 Å². The van der Waals surface area contributed by atoms with E-state index in [-0.39, 0.29) is 28.8 Å². The van der Waals surface area contributed by atoms with Gasteiger partial charge in [-0.3, -0.25) is 0 Å². The second-order valence-electron chi connectivity index (χ2n) is 12.9. The molecule has 1 saturated carbocycles. The lowest BCUT2D eigenvalue weighted by atomic mass is 9.89. The van der Waals surface area contributed by atoms with Gasteiger partial charge in [0.15, 0.2) is 15.3 Å². The monoisotopic (exact) mass is 800 g/mol. The highest BCUT2D eigenvalue weighted by Crippen LogP contribution is 2.28. The van der Waals surface area contributed by atoms with E-state index in [4.69, 9.17) is 71.5 Å². The topological polar surface area (TPSA) is 133 Å². The molecule has 0 aromatic heterocycles. The van der Waals surface area contributed by atoms with Crippen molar-refractivity contribution >= 4 is 104 Å². The zero-order chi connectivity index (χ0) is 37.4. The minimum Gasteiger partial charge on any atom is -0.506 e. The molecular formula is C35H47Cl3N6O3S3. The molecule has 274 valence electrons. The number of aromatic hydroxyl groups is 3. The predicted molar refractivity (Wildman–Crippen MR) is 224 cm³/mol. The maximum atomic E-state index is 9.69. The van der Waals surface area contributed by atoms with Gasteiger partial charge in [0.05, 0.1) is 17.1 Å². The number of anilines is 3. The number of nitrogens with one attached hydrogen (secondary N) is 6. The van der Waals surface area contributed by atoms with Gasteiger partial charge in [0.1, 0.15) is 17.2 Å². The molecule has 0 heterocycles. The van der Waals surface area contributed by atoms with Gasteiger partial charge in [0, 0.05) is 33.2 Å². The summed E-state index contributed by atoms with van der Waals surface area (Å²) in [5, 5.41) is 49.9. The van der Waals surface area contributed by atoms with Crippen LogP contribution in [0.5, 0.6) is 17.2 Å². The molecule has 0 saturated heterocycles. The minimum atomic E-state index is -0.127. The first-order chi connectivity index (χ1) is 23.4.